The van der Waals surface area contributed by atoms with Crippen molar-refractivity contribution in [1.82, 2.24) is 4.90 Å². The maximum Gasteiger partial charge on any atom is 0.0608 e. The van der Waals surface area contributed by atoms with Crippen LogP contribution < -0.4 is 0 Å². The minimum Gasteiger partial charge on any atom is -0.344 e. The van der Waals surface area contributed by atoms with Gasteiger partial charge in [-0.2, -0.15) is 0 Å². The molecule has 0 fully saturated rings. The lowest BCUT2D eigenvalue weighted by Crippen LogP contribution is -2.31. The van der Waals surface area contributed by atoms with Gasteiger partial charge in [0.25, 0.3) is 0 Å². The van der Waals surface area contributed by atoms with Crippen molar-refractivity contribution in [3.63, 3.8) is 0 Å². The van der Waals surface area contributed by atoms with Crippen LogP contribution in [0.2, 0.25) is 0 Å². The monoisotopic (exact) mass is 399 g/mol. The first-order valence-corrected chi connectivity index (χ1v) is 10.7. The third kappa shape index (κ3) is 3.49. The quantitative estimate of drug-likeness (QED) is 0.357. The van der Waals surface area contributed by atoms with Crippen LogP contribution in [0.25, 0.3) is 11.4 Å². The Labute approximate surface area is 184 Å². The van der Waals surface area contributed by atoms with Gasteiger partial charge in [0.05, 0.1) is 5.41 Å². The molecule has 0 radical (unpaired) electrons. The number of hydrogen-bond donors (Lipinski definition) is 0. The van der Waals surface area contributed by atoms with Crippen LogP contribution in [0.5, 0.6) is 0 Å². The second kappa shape index (κ2) is 8.12. The van der Waals surface area contributed by atoms with Gasteiger partial charge >= 0.3 is 0 Å². The molecular formula is C30H25N. The van der Waals surface area contributed by atoms with Crippen LogP contribution in [0.3, 0.4) is 0 Å². The van der Waals surface area contributed by atoms with E-state index in [1.165, 1.54) is 33.6 Å². The fraction of sp³-hybridized carbons (Fsp3) is 0.0667. The van der Waals surface area contributed by atoms with Crippen LogP contribution in [-0.4, -0.2) is 11.9 Å². The van der Waals surface area contributed by atoms with Crippen molar-refractivity contribution in [2.24, 2.45) is 0 Å². The molecule has 0 aliphatic carbocycles. The molecule has 0 saturated heterocycles. The summed E-state index contributed by atoms with van der Waals surface area (Å²) in [5.41, 5.74) is 6.98. The van der Waals surface area contributed by atoms with Gasteiger partial charge < -0.3 is 4.90 Å². The molecule has 1 heteroatoms. The van der Waals surface area contributed by atoms with Gasteiger partial charge in [-0.25, -0.2) is 0 Å². The zero-order valence-corrected chi connectivity index (χ0v) is 17.6. The first-order chi connectivity index (χ1) is 15.3. The van der Waals surface area contributed by atoms with Gasteiger partial charge in [0.15, 0.2) is 0 Å². The molecular weight excluding hydrogens is 374 g/mol. The van der Waals surface area contributed by atoms with Gasteiger partial charge in [-0.15, -0.1) is 0 Å². The SMILES string of the molecule is CN1C(c2ccccc2)=CC(c2ccccc2)(c2ccccc2)C=C1c1ccccc1. The largest absolute Gasteiger partial charge is 0.344 e. The highest BCUT2D eigenvalue weighted by Crippen LogP contribution is 2.45. The van der Waals surface area contributed by atoms with Crippen LogP contribution in [0.4, 0.5) is 0 Å². The Morgan fingerprint density at radius 2 is 0.774 bits per heavy atom. The third-order valence-electron chi connectivity index (χ3n) is 6.09. The van der Waals surface area contributed by atoms with Gasteiger partial charge in [-0.3, -0.25) is 0 Å². The second-order valence-corrected chi connectivity index (χ2v) is 7.95. The fourth-order valence-electron chi connectivity index (χ4n) is 4.50. The first-order valence-electron chi connectivity index (χ1n) is 10.7. The lowest BCUT2D eigenvalue weighted by atomic mass is 9.71. The van der Waals surface area contributed by atoms with E-state index in [1.54, 1.807) is 0 Å². The number of benzene rings is 4. The van der Waals surface area contributed by atoms with E-state index in [1.807, 2.05) is 0 Å². The molecule has 31 heavy (non-hydrogen) atoms. The number of nitrogens with zero attached hydrogens (tertiary/aromatic N) is 1. The van der Waals surface area contributed by atoms with Gasteiger partial charge in [-0.05, 0) is 34.4 Å². The molecule has 150 valence electrons. The van der Waals surface area contributed by atoms with Crippen molar-refractivity contribution in [1.29, 1.82) is 0 Å². The summed E-state index contributed by atoms with van der Waals surface area (Å²) in [5, 5.41) is 0. The van der Waals surface area contributed by atoms with Crippen molar-refractivity contribution in [2.75, 3.05) is 7.05 Å². The lowest BCUT2D eigenvalue weighted by molar-refractivity contribution is 0.639. The van der Waals surface area contributed by atoms with Crippen LogP contribution in [-0.2, 0) is 5.41 Å². The topological polar surface area (TPSA) is 3.24 Å². The molecule has 5 rings (SSSR count). The van der Waals surface area contributed by atoms with Gasteiger partial charge in [0, 0.05) is 18.4 Å². The van der Waals surface area contributed by atoms with E-state index in [4.69, 9.17) is 0 Å². The Morgan fingerprint density at radius 1 is 0.452 bits per heavy atom. The summed E-state index contributed by atoms with van der Waals surface area (Å²) in [6.07, 6.45) is 4.83. The minimum absolute atomic E-state index is 0.370. The lowest BCUT2D eigenvalue weighted by Gasteiger charge is -2.40. The van der Waals surface area contributed by atoms with E-state index in [0.717, 1.165) is 0 Å². The molecule has 1 nitrogen and oxygen atoms in total. The Bertz CT molecular complexity index is 1110. The van der Waals surface area contributed by atoms with Gasteiger partial charge in [0.1, 0.15) is 0 Å². The van der Waals surface area contributed by atoms with E-state index in [2.05, 4.69) is 145 Å². The normalized spacial score (nSPS) is 15.2. The molecule has 0 aromatic heterocycles. The summed E-state index contributed by atoms with van der Waals surface area (Å²) in [4.78, 5) is 2.31. The third-order valence-corrected chi connectivity index (χ3v) is 6.09. The molecule has 4 aromatic carbocycles. The maximum absolute atomic E-state index is 2.42. The molecule has 0 unspecified atom stereocenters. The van der Waals surface area contributed by atoms with E-state index >= 15 is 0 Å². The average molecular weight is 400 g/mol. The smallest absolute Gasteiger partial charge is 0.0608 e. The summed E-state index contributed by atoms with van der Waals surface area (Å²) < 4.78 is 0. The Morgan fingerprint density at radius 3 is 1.13 bits per heavy atom. The van der Waals surface area contributed by atoms with Crippen LogP contribution in [0.15, 0.2) is 133 Å². The minimum atomic E-state index is -0.370. The van der Waals surface area contributed by atoms with E-state index in [9.17, 15) is 0 Å². The summed E-state index contributed by atoms with van der Waals surface area (Å²) in [6, 6.07) is 43.0. The molecule has 0 amide bonds. The van der Waals surface area contributed by atoms with Crippen molar-refractivity contribution in [3.8, 4) is 0 Å². The Balaban J connectivity index is 1.84. The van der Waals surface area contributed by atoms with E-state index in [-0.39, 0.29) is 5.41 Å². The highest BCUT2D eigenvalue weighted by molar-refractivity contribution is 5.83. The number of allylic oxidation sites excluding steroid dienone is 2. The van der Waals surface area contributed by atoms with Crippen molar-refractivity contribution >= 4 is 11.4 Å². The van der Waals surface area contributed by atoms with Crippen LogP contribution >= 0.6 is 0 Å². The zero-order chi connectivity index (χ0) is 21.1. The van der Waals surface area contributed by atoms with E-state index in [0.29, 0.717) is 0 Å². The Hall–Kier alpha value is -3.84. The predicted octanol–water partition coefficient (Wildman–Crippen LogP) is 7.00. The molecule has 0 atom stereocenters. The Kier molecular flexibility index (Phi) is 5.01. The van der Waals surface area contributed by atoms with Crippen molar-refractivity contribution < 1.29 is 0 Å². The molecule has 1 aliphatic rings. The predicted molar refractivity (Wildman–Crippen MR) is 130 cm³/mol. The molecule has 0 saturated carbocycles. The molecule has 1 aliphatic heterocycles. The van der Waals surface area contributed by atoms with Gasteiger partial charge in [-0.1, -0.05) is 121 Å². The average Bonchev–Trinajstić information content (AvgIpc) is 2.86. The van der Waals surface area contributed by atoms with Crippen molar-refractivity contribution in [2.45, 2.75) is 5.41 Å². The number of hydrogen-bond acceptors (Lipinski definition) is 1. The van der Waals surface area contributed by atoms with Crippen LogP contribution in [0.1, 0.15) is 22.3 Å². The highest BCUT2D eigenvalue weighted by Gasteiger charge is 2.36. The number of rotatable bonds is 4. The highest BCUT2D eigenvalue weighted by atomic mass is 15.1. The molecule has 1 heterocycles. The first kappa shape index (κ1) is 19.1. The van der Waals surface area contributed by atoms with Gasteiger partial charge in [0.2, 0.25) is 0 Å². The van der Waals surface area contributed by atoms with Crippen LogP contribution in [0, 0.1) is 0 Å². The maximum atomic E-state index is 2.42. The summed E-state index contributed by atoms with van der Waals surface area (Å²) >= 11 is 0. The van der Waals surface area contributed by atoms with Crippen molar-refractivity contribution in [3.05, 3.63) is 156 Å². The summed E-state index contributed by atoms with van der Waals surface area (Å²) in [6.45, 7) is 0. The molecule has 0 N–H and O–H groups in total. The second-order valence-electron chi connectivity index (χ2n) is 7.95. The molecule has 0 bridgehead atoms. The van der Waals surface area contributed by atoms with E-state index < -0.39 is 0 Å². The standard InChI is InChI=1S/C30H25N/c1-31-28(24-14-6-2-7-15-24)22-30(26-18-10-4-11-19-26,27-20-12-5-13-21-27)23-29(31)25-16-8-3-9-17-25/h2-23H,1H3. The zero-order valence-electron chi connectivity index (χ0n) is 17.6. The molecule has 4 aromatic rings. The molecule has 0 spiro atoms. The summed E-state index contributed by atoms with van der Waals surface area (Å²) in [5.74, 6) is 0. The fourth-order valence-corrected chi connectivity index (χ4v) is 4.50. The summed E-state index contributed by atoms with van der Waals surface area (Å²) in [7, 11) is 2.16.